The van der Waals surface area contributed by atoms with Gasteiger partial charge in [-0.2, -0.15) is 11.8 Å². The second-order valence-corrected chi connectivity index (χ2v) is 7.34. The van der Waals surface area contributed by atoms with E-state index in [-0.39, 0.29) is 0 Å². The maximum absolute atomic E-state index is 10.3. The first kappa shape index (κ1) is 13.3. The molecule has 1 aliphatic rings. The fourth-order valence-electron chi connectivity index (χ4n) is 2.05. The Labute approximate surface area is 98.4 Å². The molecule has 0 aromatic rings. The van der Waals surface area contributed by atoms with Gasteiger partial charge in [0.15, 0.2) is 0 Å². The zero-order valence-corrected chi connectivity index (χ0v) is 11.5. The van der Waals surface area contributed by atoms with Crippen molar-refractivity contribution in [1.82, 2.24) is 4.90 Å². The van der Waals surface area contributed by atoms with Crippen molar-refractivity contribution < 1.29 is 5.11 Å². The van der Waals surface area contributed by atoms with Crippen molar-refractivity contribution in [3.63, 3.8) is 0 Å². The first-order chi connectivity index (χ1) is 6.81. The summed E-state index contributed by atoms with van der Waals surface area (Å²) in [6, 6.07) is 0. The molecule has 90 valence electrons. The lowest BCUT2D eigenvalue weighted by Gasteiger charge is -2.40. The van der Waals surface area contributed by atoms with Gasteiger partial charge in [0.25, 0.3) is 0 Å². The lowest BCUT2D eigenvalue weighted by atomic mass is 9.92. The van der Waals surface area contributed by atoms with E-state index in [0.717, 1.165) is 19.6 Å². The number of aliphatic hydroxyl groups is 1. The molecule has 0 spiro atoms. The Bertz CT molecular complexity index is 196. The van der Waals surface area contributed by atoms with Crippen LogP contribution in [0.15, 0.2) is 0 Å². The van der Waals surface area contributed by atoms with Crippen LogP contribution in [0.3, 0.4) is 0 Å². The molecule has 1 heterocycles. The molecular formula is C12H25NOS. The van der Waals surface area contributed by atoms with E-state index in [1.165, 1.54) is 0 Å². The van der Waals surface area contributed by atoms with Gasteiger partial charge in [-0.1, -0.05) is 27.7 Å². The first-order valence-electron chi connectivity index (χ1n) is 5.91. The molecule has 1 saturated heterocycles. The zero-order valence-electron chi connectivity index (χ0n) is 10.7. The Balaban J connectivity index is 2.50. The summed E-state index contributed by atoms with van der Waals surface area (Å²) in [5, 5.41) is 11.7. The van der Waals surface area contributed by atoms with E-state index in [1.807, 2.05) is 6.92 Å². The number of nitrogens with zero attached hydrogens (tertiary/aromatic N) is 1. The third kappa shape index (κ3) is 3.97. The van der Waals surface area contributed by atoms with Crippen LogP contribution < -0.4 is 0 Å². The summed E-state index contributed by atoms with van der Waals surface area (Å²) in [6.07, 6.45) is 0. The van der Waals surface area contributed by atoms with E-state index < -0.39 is 5.60 Å². The minimum absolute atomic E-state index is 0.317. The molecule has 1 fully saturated rings. The fraction of sp³-hybridized carbons (Fsp3) is 1.00. The molecule has 3 heteroatoms. The molecule has 0 saturated carbocycles. The highest BCUT2D eigenvalue weighted by Crippen LogP contribution is 2.27. The van der Waals surface area contributed by atoms with Gasteiger partial charge < -0.3 is 5.11 Å². The molecule has 0 amide bonds. The fourth-order valence-corrected chi connectivity index (χ4v) is 3.44. The maximum atomic E-state index is 10.3. The number of thioether (sulfide) groups is 1. The average Bonchev–Trinajstić information content (AvgIpc) is 1.99. The number of hydrogen-bond donors (Lipinski definition) is 1. The van der Waals surface area contributed by atoms with Gasteiger partial charge >= 0.3 is 0 Å². The van der Waals surface area contributed by atoms with E-state index in [0.29, 0.717) is 16.4 Å². The molecular weight excluding hydrogens is 206 g/mol. The van der Waals surface area contributed by atoms with Crippen molar-refractivity contribution in [2.24, 2.45) is 5.92 Å². The molecule has 1 N–H and O–H groups in total. The van der Waals surface area contributed by atoms with Gasteiger partial charge in [0.2, 0.25) is 0 Å². The van der Waals surface area contributed by atoms with E-state index in [2.05, 4.69) is 44.4 Å². The van der Waals surface area contributed by atoms with Crippen LogP contribution in [0.25, 0.3) is 0 Å². The highest BCUT2D eigenvalue weighted by molar-refractivity contribution is 8.00. The largest absolute Gasteiger partial charge is 0.389 e. The average molecular weight is 231 g/mol. The van der Waals surface area contributed by atoms with Crippen LogP contribution >= 0.6 is 11.8 Å². The summed E-state index contributed by atoms with van der Waals surface area (Å²) in [5.74, 6) is 0.317. The van der Waals surface area contributed by atoms with Crippen LogP contribution in [0.5, 0.6) is 0 Å². The molecule has 0 radical (unpaired) electrons. The molecule has 1 aliphatic heterocycles. The van der Waals surface area contributed by atoms with Crippen molar-refractivity contribution in [2.75, 3.05) is 19.6 Å². The molecule has 0 aromatic carbocycles. The van der Waals surface area contributed by atoms with Crippen molar-refractivity contribution in [1.29, 1.82) is 0 Å². The molecule has 2 nitrogen and oxygen atoms in total. The Morgan fingerprint density at radius 1 is 1.33 bits per heavy atom. The topological polar surface area (TPSA) is 23.5 Å². The SMILES string of the molecule is CC1CN(CC(C)(O)C(C)C)CC(C)S1. The smallest absolute Gasteiger partial charge is 0.0768 e. The Kier molecular flexibility index (Phi) is 4.50. The van der Waals surface area contributed by atoms with Gasteiger partial charge in [-0.05, 0) is 12.8 Å². The third-order valence-corrected chi connectivity index (χ3v) is 4.51. The summed E-state index contributed by atoms with van der Waals surface area (Å²) in [7, 11) is 0. The number of hydrogen-bond acceptors (Lipinski definition) is 3. The lowest BCUT2D eigenvalue weighted by molar-refractivity contribution is -0.0190. The van der Waals surface area contributed by atoms with E-state index >= 15 is 0 Å². The highest BCUT2D eigenvalue weighted by Gasteiger charge is 2.31. The number of rotatable bonds is 3. The summed E-state index contributed by atoms with van der Waals surface area (Å²) in [6.45, 7) is 13.7. The first-order valence-corrected chi connectivity index (χ1v) is 6.85. The normalized spacial score (nSPS) is 33.0. The van der Waals surface area contributed by atoms with Gasteiger partial charge in [0, 0.05) is 30.1 Å². The monoisotopic (exact) mass is 231 g/mol. The van der Waals surface area contributed by atoms with Crippen LogP contribution in [-0.4, -0.2) is 45.7 Å². The van der Waals surface area contributed by atoms with Crippen LogP contribution in [0.4, 0.5) is 0 Å². The molecule has 1 rings (SSSR count). The zero-order chi connectivity index (χ0) is 11.6. The molecule has 3 unspecified atom stereocenters. The minimum Gasteiger partial charge on any atom is -0.389 e. The molecule has 3 atom stereocenters. The molecule has 0 aliphatic carbocycles. The second-order valence-electron chi connectivity index (χ2n) is 5.46. The lowest BCUT2D eigenvalue weighted by Crippen LogP contribution is -2.50. The minimum atomic E-state index is -0.554. The van der Waals surface area contributed by atoms with E-state index in [4.69, 9.17) is 0 Å². The van der Waals surface area contributed by atoms with Gasteiger partial charge in [-0.15, -0.1) is 0 Å². The highest BCUT2D eigenvalue weighted by atomic mass is 32.2. The molecule has 15 heavy (non-hydrogen) atoms. The van der Waals surface area contributed by atoms with Crippen molar-refractivity contribution in [2.45, 2.75) is 50.7 Å². The summed E-state index contributed by atoms with van der Waals surface area (Å²) in [5.41, 5.74) is -0.554. The maximum Gasteiger partial charge on any atom is 0.0768 e. The molecule has 0 aromatic heterocycles. The summed E-state index contributed by atoms with van der Waals surface area (Å²) >= 11 is 2.06. The molecule has 0 bridgehead atoms. The van der Waals surface area contributed by atoms with Gasteiger partial charge in [0.1, 0.15) is 0 Å². The Morgan fingerprint density at radius 3 is 2.20 bits per heavy atom. The van der Waals surface area contributed by atoms with Crippen molar-refractivity contribution >= 4 is 11.8 Å². The predicted molar refractivity (Wildman–Crippen MR) is 68.4 cm³/mol. The van der Waals surface area contributed by atoms with Gasteiger partial charge in [-0.25, -0.2) is 0 Å². The van der Waals surface area contributed by atoms with E-state index in [1.54, 1.807) is 0 Å². The quantitative estimate of drug-likeness (QED) is 0.805. The van der Waals surface area contributed by atoms with E-state index in [9.17, 15) is 5.11 Å². The Morgan fingerprint density at radius 2 is 1.80 bits per heavy atom. The predicted octanol–water partition coefficient (Wildman–Crippen LogP) is 2.22. The number of β-amino-alcohol motifs (C(OH)–C–C–N with tert-alkyl or cyclic N) is 1. The van der Waals surface area contributed by atoms with Crippen molar-refractivity contribution in [3.05, 3.63) is 0 Å². The van der Waals surface area contributed by atoms with Gasteiger partial charge in [0.05, 0.1) is 5.60 Å². The van der Waals surface area contributed by atoms with Crippen LogP contribution in [0, 0.1) is 5.92 Å². The Hall–Kier alpha value is 0.270. The second kappa shape index (κ2) is 5.07. The van der Waals surface area contributed by atoms with Gasteiger partial charge in [-0.3, -0.25) is 4.90 Å². The standard InChI is InChI=1S/C12H25NOS/c1-9(2)12(5,14)8-13-6-10(3)15-11(4)7-13/h9-11,14H,6-8H2,1-5H3. The summed E-state index contributed by atoms with van der Waals surface area (Å²) in [4.78, 5) is 2.41. The van der Waals surface area contributed by atoms with Crippen molar-refractivity contribution in [3.8, 4) is 0 Å². The third-order valence-electron chi connectivity index (χ3n) is 3.28. The summed E-state index contributed by atoms with van der Waals surface area (Å²) < 4.78 is 0. The van der Waals surface area contributed by atoms with Crippen LogP contribution in [0.2, 0.25) is 0 Å². The van der Waals surface area contributed by atoms with Crippen LogP contribution in [-0.2, 0) is 0 Å². The van der Waals surface area contributed by atoms with Crippen LogP contribution in [0.1, 0.15) is 34.6 Å².